The van der Waals surface area contributed by atoms with E-state index in [-0.39, 0.29) is 18.0 Å². The number of anilines is 2. The fourth-order valence-corrected chi connectivity index (χ4v) is 3.26. The van der Waals surface area contributed by atoms with E-state index < -0.39 is 0 Å². The summed E-state index contributed by atoms with van der Waals surface area (Å²) in [5.41, 5.74) is 2.45. The van der Waals surface area contributed by atoms with Gasteiger partial charge in [-0.1, -0.05) is 19.1 Å². The monoisotopic (exact) mass is 354 g/mol. The number of rotatable bonds is 5. The minimum Gasteiger partial charge on any atom is -0.342 e. The van der Waals surface area contributed by atoms with Gasteiger partial charge in [0.15, 0.2) is 0 Å². The molecular weight excluding hydrogens is 328 g/mol. The molecule has 2 heterocycles. The van der Waals surface area contributed by atoms with Gasteiger partial charge in [0, 0.05) is 30.5 Å². The summed E-state index contributed by atoms with van der Waals surface area (Å²) in [6, 6.07) is 9.25. The lowest BCUT2D eigenvalue weighted by molar-refractivity contribution is -0.116. The van der Waals surface area contributed by atoms with Crippen LogP contribution in [0, 0.1) is 6.92 Å². The molecule has 1 saturated heterocycles. The summed E-state index contributed by atoms with van der Waals surface area (Å²) in [5.74, 6) is 0.381. The van der Waals surface area contributed by atoms with E-state index in [0.29, 0.717) is 11.6 Å². The highest BCUT2D eigenvalue weighted by Gasteiger charge is 2.19. The van der Waals surface area contributed by atoms with Crippen molar-refractivity contribution in [3.63, 3.8) is 0 Å². The lowest BCUT2D eigenvalue weighted by Gasteiger charge is -2.29. The summed E-state index contributed by atoms with van der Waals surface area (Å²) in [7, 11) is 0. The van der Waals surface area contributed by atoms with E-state index in [0.717, 1.165) is 38.0 Å². The smallest absolute Gasteiger partial charge is 0.255 e. The summed E-state index contributed by atoms with van der Waals surface area (Å²) in [6.45, 7) is 5.61. The lowest BCUT2D eigenvalue weighted by Crippen LogP contribution is -2.38. The minimum atomic E-state index is -0.222. The topological polar surface area (TPSA) is 67.2 Å². The van der Waals surface area contributed by atoms with Crippen LogP contribution in [-0.2, 0) is 17.8 Å². The number of aromatic nitrogens is 2. The largest absolute Gasteiger partial charge is 0.342 e. The van der Waals surface area contributed by atoms with Gasteiger partial charge < -0.3 is 10.2 Å². The normalized spacial score (nSPS) is 14.3. The molecule has 1 fully saturated rings. The Morgan fingerprint density at radius 3 is 2.50 bits per heavy atom. The third-order valence-electron chi connectivity index (χ3n) is 4.70. The van der Waals surface area contributed by atoms with Gasteiger partial charge in [-0.2, -0.15) is 0 Å². The van der Waals surface area contributed by atoms with Crippen molar-refractivity contribution in [2.75, 3.05) is 23.3 Å². The molecule has 1 aliphatic heterocycles. The third kappa shape index (κ3) is 4.31. The van der Waals surface area contributed by atoms with Crippen LogP contribution in [0.4, 0.5) is 11.6 Å². The first-order chi connectivity index (χ1) is 12.6. The predicted molar refractivity (Wildman–Crippen MR) is 104 cm³/mol. The number of benzene rings is 1. The van der Waals surface area contributed by atoms with Crippen LogP contribution >= 0.6 is 0 Å². The molecule has 0 atom stereocenters. The molecule has 0 radical (unpaired) electrons. The Morgan fingerprint density at radius 1 is 1.15 bits per heavy atom. The van der Waals surface area contributed by atoms with Gasteiger partial charge in [-0.05, 0) is 50.3 Å². The molecule has 1 aliphatic rings. The van der Waals surface area contributed by atoms with Crippen LogP contribution in [0.25, 0.3) is 0 Å². The first-order valence-corrected chi connectivity index (χ1v) is 9.29. The summed E-state index contributed by atoms with van der Waals surface area (Å²) < 4.78 is 1.48. The first kappa shape index (κ1) is 18.2. The maximum Gasteiger partial charge on any atom is 0.255 e. The molecule has 6 heteroatoms. The van der Waals surface area contributed by atoms with Crippen LogP contribution < -0.4 is 15.8 Å². The first-order valence-electron chi connectivity index (χ1n) is 9.29. The molecule has 0 aliphatic carbocycles. The van der Waals surface area contributed by atoms with Crippen molar-refractivity contribution in [1.82, 2.24) is 9.55 Å². The number of carbonyl (C=O) groups excluding carboxylic acids is 1. The summed E-state index contributed by atoms with van der Waals surface area (Å²) in [4.78, 5) is 31.6. The van der Waals surface area contributed by atoms with Crippen molar-refractivity contribution in [1.29, 1.82) is 0 Å². The molecule has 1 amide bonds. The average molecular weight is 354 g/mol. The van der Waals surface area contributed by atoms with E-state index in [4.69, 9.17) is 0 Å². The van der Waals surface area contributed by atoms with Gasteiger partial charge in [0.05, 0.1) is 0 Å². The third-order valence-corrected chi connectivity index (χ3v) is 4.70. The van der Waals surface area contributed by atoms with Crippen LogP contribution in [0.1, 0.15) is 37.4 Å². The van der Waals surface area contributed by atoms with Gasteiger partial charge in [-0.15, -0.1) is 0 Å². The number of nitrogens with one attached hydrogen (secondary N) is 1. The van der Waals surface area contributed by atoms with Crippen molar-refractivity contribution >= 4 is 17.5 Å². The zero-order valence-electron chi connectivity index (χ0n) is 15.5. The van der Waals surface area contributed by atoms with Gasteiger partial charge in [0.1, 0.15) is 6.54 Å². The molecule has 0 saturated carbocycles. The Morgan fingerprint density at radius 2 is 1.85 bits per heavy atom. The van der Waals surface area contributed by atoms with E-state index in [1.165, 1.54) is 22.6 Å². The van der Waals surface area contributed by atoms with Gasteiger partial charge in [0.25, 0.3) is 5.56 Å². The number of carbonyl (C=O) groups is 1. The number of amides is 1. The lowest BCUT2D eigenvalue weighted by atomic mass is 10.1. The van der Waals surface area contributed by atoms with Crippen molar-refractivity contribution in [3.05, 3.63) is 51.9 Å². The van der Waals surface area contributed by atoms with Crippen molar-refractivity contribution in [2.45, 2.75) is 46.1 Å². The number of piperidine rings is 1. The standard InChI is InChI=1S/C20H26N4O2/c1-3-16-7-9-17(10-8-16)22-18(25)14-24-19(26)13-15(2)21-20(24)23-11-5-4-6-12-23/h7-10,13H,3-6,11-12,14H2,1-2H3,(H,22,25). The molecule has 1 aromatic heterocycles. The Hall–Kier alpha value is -2.63. The van der Waals surface area contributed by atoms with E-state index in [1.807, 2.05) is 31.2 Å². The molecule has 2 aromatic rings. The zero-order chi connectivity index (χ0) is 18.5. The minimum absolute atomic E-state index is 0.0343. The summed E-state index contributed by atoms with van der Waals surface area (Å²) >= 11 is 0. The van der Waals surface area contributed by atoms with Crippen molar-refractivity contribution < 1.29 is 4.79 Å². The second-order valence-corrected chi connectivity index (χ2v) is 6.77. The fourth-order valence-electron chi connectivity index (χ4n) is 3.26. The molecule has 0 unspecified atom stereocenters. The molecule has 1 aromatic carbocycles. The molecule has 0 spiro atoms. The predicted octanol–water partition coefficient (Wildman–Crippen LogP) is 2.74. The number of hydrogen-bond acceptors (Lipinski definition) is 4. The average Bonchev–Trinajstić information content (AvgIpc) is 2.65. The highest BCUT2D eigenvalue weighted by Crippen LogP contribution is 2.17. The molecule has 3 rings (SSSR count). The molecule has 1 N–H and O–H groups in total. The summed E-state index contributed by atoms with van der Waals surface area (Å²) in [5, 5.41) is 2.87. The Balaban J connectivity index is 1.79. The Labute approximate surface area is 153 Å². The zero-order valence-corrected chi connectivity index (χ0v) is 15.5. The van der Waals surface area contributed by atoms with E-state index in [1.54, 1.807) is 0 Å². The summed E-state index contributed by atoms with van der Waals surface area (Å²) in [6.07, 6.45) is 4.32. The maximum absolute atomic E-state index is 12.5. The van der Waals surface area contributed by atoms with Gasteiger partial charge in [-0.25, -0.2) is 4.98 Å². The molecule has 138 valence electrons. The number of hydrogen-bond donors (Lipinski definition) is 1. The van der Waals surface area contributed by atoms with Crippen LogP contribution in [0.3, 0.4) is 0 Å². The van der Waals surface area contributed by atoms with Gasteiger partial charge in [0.2, 0.25) is 11.9 Å². The quantitative estimate of drug-likeness (QED) is 0.896. The van der Waals surface area contributed by atoms with Gasteiger partial charge >= 0.3 is 0 Å². The number of aryl methyl sites for hydroxylation is 2. The van der Waals surface area contributed by atoms with Gasteiger partial charge in [-0.3, -0.25) is 14.2 Å². The van der Waals surface area contributed by atoms with Crippen molar-refractivity contribution in [2.24, 2.45) is 0 Å². The Kier molecular flexibility index (Phi) is 5.71. The fraction of sp³-hybridized carbons (Fsp3) is 0.450. The van der Waals surface area contributed by atoms with Crippen molar-refractivity contribution in [3.8, 4) is 0 Å². The molecule has 0 bridgehead atoms. The molecular formula is C20H26N4O2. The van der Waals surface area contributed by atoms with E-state index >= 15 is 0 Å². The highest BCUT2D eigenvalue weighted by atomic mass is 16.2. The SMILES string of the molecule is CCc1ccc(NC(=O)Cn2c(N3CCCCC3)nc(C)cc2=O)cc1. The van der Waals surface area contributed by atoms with Crippen LogP contribution in [0.2, 0.25) is 0 Å². The Bertz CT molecular complexity index is 821. The van der Waals surface area contributed by atoms with Crippen LogP contribution in [-0.4, -0.2) is 28.5 Å². The maximum atomic E-state index is 12.5. The second kappa shape index (κ2) is 8.17. The molecule has 6 nitrogen and oxygen atoms in total. The van der Waals surface area contributed by atoms with Crippen LogP contribution in [0.15, 0.2) is 35.1 Å². The molecule has 26 heavy (non-hydrogen) atoms. The highest BCUT2D eigenvalue weighted by molar-refractivity contribution is 5.90. The number of nitrogens with zero attached hydrogens (tertiary/aromatic N) is 3. The second-order valence-electron chi connectivity index (χ2n) is 6.77. The van der Waals surface area contributed by atoms with Crippen LogP contribution in [0.5, 0.6) is 0 Å². The van der Waals surface area contributed by atoms with E-state index in [9.17, 15) is 9.59 Å². The van der Waals surface area contributed by atoms with E-state index in [2.05, 4.69) is 22.1 Å².